The number of likely N-dealkylation sites (N-methyl/N-ethyl adjacent to an activating group) is 1. The molecule has 0 saturated carbocycles. The van der Waals surface area contributed by atoms with Gasteiger partial charge in [-0.25, -0.2) is 0 Å². The molecule has 1 aliphatic rings. The molecule has 1 fully saturated rings. The van der Waals surface area contributed by atoms with Gasteiger partial charge in [-0.15, -0.1) is 0 Å². The molecular formula is C10H19N3O2. The average Bonchev–Trinajstić information content (AvgIpc) is 2.18. The number of hydrogen-bond acceptors (Lipinski definition) is 3. The van der Waals surface area contributed by atoms with Crippen LogP contribution in [0.4, 0.5) is 0 Å². The van der Waals surface area contributed by atoms with Crippen LogP contribution in [0.5, 0.6) is 0 Å². The third-order valence-corrected chi connectivity index (χ3v) is 2.56. The Morgan fingerprint density at radius 3 is 2.27 bits per heavy atom. The monoisotopic (exact) mass is 213 g/mol. The zero-order chi connectivity index (χ0) is 11.3. The number of hydrogen-bond donors (Lipinski definition) is 1. The van der Waals surface area contributed by atoms with E-state index >= 15 is 0 Å². The first-order chi connectivity index (χ1) is 7.13. The zero-order valence-electron chi connectivity index (χ0n) is 9.45. The molecule has 1 heterocycles. The van der Waals surface area contributed by atoms with E-state index in [-0.39, 0.29) is 11.8 Å². The molecule has 5 nitrogen and oxygen atoms in total. The van der Waals surface area contributed by atoms with Gasteiger partial charge in [-0.2, -0.15) is 0 Å². The van der Waals surface area contributed by atoms with Crippen LogP contribution in [0.15, 0.2) is 0 Å². The van der Waals surface area contributed by atoms with Crippen molar-refractivity contribution in [3.63, 3.8) is 0 Å². The van der Waals surface area contributed by atoms with Gasteiger partial charge in [0, 0.05) is 39.6 Å². The van der Waals surface area contributed by atoms with Crippen LogP contribution in [0.2, 0.25) is 0 Å². The summed E-state index contributed by atoms with van der Waals surface area (Å²) in [5.74, 6) is 0.182. The van der Waals surface area contributed by atoms with Gasteiger partial charge < -0.3 is 10.2 Å². The van der Waals surface area contributed by atoms with Gasteiger partial charge in [0.15, 0.2) is 0 Å². The molecule has 0 aromatic rings. The van der Waals surface area contributed by atoms with Crippen LogP contribution in [0.3, 0.4) is 0 Å². The van der Waals surface area contributed by atoms with E-state index in [0.717, 1.165) is 26.2 Å². The smallest absolute Gasteiger partial charge is 0.234 e. The quantitative estimate of drug-likeness (QED) is 0.673. The summed E-state index contributed by atoms with van der Waals surface area (Å²) in [6.45, 7) is 7.65. The second kappa shape index (κ2) is 5.70. The van der Waals surface area contributed by atoms with E-state index in [4.69, 9.17) is 0 Å². The summed E-state index contributed by atoms with van der Waals surface area (Å²) in [5.41, 5.74) is 0. The number of nitrogens with one attached hydrogen (secondary N) is 1. The molecule has 0 unspecified atom stereocenters. The minimum absolute atomic E-state index is 0.0637. The highest BCUT2D eigenvalue weighted by Crippen LogP contribution is 2.01. The molecule has 0 aromatic heterocycles. The largest absolute Gasteiger partial charge is 0.355 e. The molecule has 5 heteroatoms. The summed E-state index contributed by atoms with van der Waals surface area (Å²) in [6.07, 6.45) is 0. The minimum Gasteiger partial charge on any atom is -0.355 e. The van der Waals surface area contributed by atoms with Crippen molar-refractivity contribution in [2.24, 2.45) is 0 Å². The average molecular weight is 213 g/mol. The Kier molecular flexibility index (Phi) is 4.55. The molecule has 1 N–H and O–H groups in total. The number of carbonyl (C=O) groups excluding carboxylic acids is 2. The molecule has 0 aliphatic carbocycles. The summed E-state index contributed by atoms with van der Waals surface area (Å²) in [4.78, 5) is 26.2. The lowest BCUT2D eigenvalue weighted by Crippen LogP contribution is -2.50. The highest BCUT2D eigenvalue weighted by molar-refractivity contribution is 5.78. The van der Waals surface area contributed by atoms with Crippen LogP contribution >= 0.6 is 0 Å². The molecular weight excluding hydrogens is 194 g/mol. The summed E-state index contributed by atoms with van der Waals surface area (Å²) >= 11 is 0. The van der Waals surface area contributed by atoms with Gasteiger partial charge in [0.05, 0.1) is 6.54 Å². The van der Waals surface area contributed by atoms with Gasteiger partial charge in [0.1, 0.15) is 0 Å². The van der Waals surface area contributed by atoms with Gasteiger partial charge in [-0.3, -0.25) is 14.5 Å². The predicted octanol–water partition coefficient (Wildman–Crippen LogP) is -0.713. The molecule has 1 aliphatic heterocycles. The van der Waals surface area contributed by atoms with Gasteiger partial charge in [0.2, 0.25) is 11.8 Å². The summed E-state index contributed by atoms with van der Waals surface area (Å²) < 4.78 is 0. The Morgan fingerprint density at radius 1 is 1.20 bits per heavy atom. The molecule has 86 valence electrons. The summed E-state index contributed by atoms with van der Waals surface area (Å²) in [6, 6.07) is 0. The highest BCUT2D eigenvalue weighted by atomic mass is 16.2. The number of rotatable bonds is 3. The van der Waals surface area contributed by atoms with Gasteiger partial charge in [-0.05, 0) is 6.92 Å². The molecule has 0 aromatic carbocycles. The van der Waals surface area contributed by atoms with Crippen molar-refractivity contribution in [1.29, 1.82) is 0 Å². The summed E-state index contributed by atoms with van der Waals surface area (Å²) in [7, 11) is 0. The van der Waals surface area contributed by atoms with Crippen LogP contribution in [-0.4, -0.2) is 60.9 Å². The predicted molar refractivity (Wildman–Crippen MR) is 57.4 cm³/mol. The van der Waals surface area contributed by atoms with Crippen molar-refractivity contribution in [2.45, 2.75) is 13.8 Å². The maximum absolute atomic E-state index is 11.3. The second-order valence-corrected chi connectivity index (χ2v) is 3.74. The van der Waals surface area contributed by atoms with Crippen molar-refractivity contribution in [2.75, 3.05) is 39.3 Å². The van der Waals surface area contributed by atoms with Gasteiger partial charge in [-0.1, -0.05) is 0 Å². The lowest BCUT2D eigenvalue weighted by Gasteiger charge is -2.33. The normalized spacial score (nSPS) is 17.6. The molecule has 0 bridgehead atoms. The van der Waals surface area contributed by atoms with E-state index in [1.54, 1.807) is 6.92 Å². The van der Waals surface area contributed by atoms with Crippen LogP contribution in [0.25, 0.3) is 0 Å². The number of piperazine rings is 1. The molecule has 1 rings (SSSR count). The number of carbonyl (C=O) groups is 2. The van der Waals surface area contributed by atoms with Gasteiger partial charge in [0.25, 0.3) is 0 Å². The van der Waals surface area contributed by atoms with E-state index in [1.807, 2.05) is 11.8 Å². The van der Waals surface area contributed by atoms with E-state index < -0.39 is 0 Å². The van der Waals surface area contributed by atoms with Crippen molar-refractivity contribution in [3.05, 3.63) is 0 Å². The first kappa shape index (κ1) is 12.0. The Balaban J connectivity index is 2.25. The third-order valence-electron chi connectivity index (χ3n) is 2.56. The van der Waals surface area contributed by atoms with Crippen LogP contribution in [0, 0.1) is 0 Å². The number of nitrogens with zero attached hydrogens (tertiary/aromatic N) is 2. The maximum atomic E-state index is 11.3. The fourth-order valence-corrected chi connectivity index (χ4v) is 1.68. The molecule has 0 spiro atoms. The molecule has 0 atom stereocenters. The SMILES string of the molecule is CCNC(=O)CN1CCN(C(C)=O)CC1. The maximum Gasteiger partial charge on any atom is 0.234 e. The van der Waals surface area contributed by atoms with Crippen molar-refractivity contribution in [3.8, 4) is 0 Å². The van der Waals surface area contributed by atoms with Crippen LogP contribution in [0.1, 0.15) is 13.8 Å². The topological polar surface area (TPSA) is 52.7 Å². The lowest BCUT2D eigenvalue weighted by atomic mass is 10.3. The Bertz CT molecular complexity index is 235. The number of amides is 2. The van der Waals surface area contributed by atoms with Gasteiger partial charge >= 0.3 is 0 Å². The van der Waals surface area contributed by atoms with Crippen LogP contribution < -0.4 is 5.32 Å². The van der Waals surface area contributed by atoms with E-state index in [9.17, 15) is 9.59 Å². The lowest BCUT2D eigenvalue weighted by molar-refractivity contribution is -0.130. The van der Waals surface area contributed by atoms with Crippen molar-refractivity contribution >= 4 is 11.8 Å². The Hall–Kier alpha value is -1.10. The summed E-state index contributed by atoms with van der Waals surface area (Å²) in [5, 5.41) is 2.77. The third kappa shape index (κ3) is 3.87. The Morgan fingerprint density at radius 2 is 1.80 bits per heavy atom. The second-order valence-electron chi connectivity index (χ2n) is 3.74. The van der Waals surface area contributed by atoms with Crippen molar-refractivity contribution in [1.82, 2.24) is 15.1 Å². The fraction of sp³-hybridized carbons (Fsp3) is 0.800. The minimum atomic E-state index is 0.0637. The molecule has 2 amide bonds. The molecule has 1 saturated heterocycles. The van der Waals surface area contributed by atoms with E-state index in [1.165, 1.54) is 0 Å². The van der Waals surface area contributed by atoms with E-state index in [0.29, 0.717) is 13.1 Å². The standard InChI is InChI=1S/C10H19N3O2/c1-3-11-10(15)8-12-4-6-13(7-5-12)9(2)14/h3-8H2,1-2H3,(H,11,15). The van der Waals surface area contributed by atoms with Crippen LogP contribution in [-0.2, 0) is 9.59 Å². The first-order valence-corrected chi connectivity index (χ1v) is 5.38. The molecule has 15 heavy (non-hydrogen) atoms. The first-order valence-electron chi connectivity index (χ1n) is 5.38. The highest BCUT2D eigenvalue weighted by Gasteiger charge is 2.19. The Labute approximate surface area is 90.4 Å². The zero-order valence-corrected chi connectivity index (χ0v) is 9.45. The van der Waals surface area contributed by atoms with E-state index in [2.05, 4.69) is 10.2 Å². The fourth-order valence-electron chi connectivity index (χ4n) is 1.68. The molecule has 0 radical (unpaired) electrons. The van der Waals surface area contributed by atoms with Crippen molar-refractivity contribution < 1.29 is 9.59 Å².